The number of nitrogens with zero attached hydrogens (tertiary/aromatic N) is 2. The van der Waals surface area contributed by atoms with Gasteiger partial charge in [0, 0.05) is 19.5 Å². The average molecular weight is 586 g/mol. The molecule has 4 aromatic rings. The molecule has 4 rings (SSSR count). The molecule has 0 aliphatic rings. The van der Waals surface area contributed by atoms with Crippen molar-refractivity contribution in [2.75, 3.05) is 24.5 Å². The molecular weight excluding hydrogens is 550 g/mol. The zero-order valence-corrected chi connectivity index (χ0v) is 24.5. The molecule has 0 aliphatic heterocycles. The van der Waals surface area contributed by atoms with E-state index in [2.05, 4.69) is 5.32 Å². The van der Waals surface area contributed by atoms with Gasteiger partial charge in [0.1, 0.15) is 18.3 Å². The number of amides is 2. The van der Waals surface area contributed by atoms with Gasteiger partial charge < -0.3 is 15.0 Å². The molecule has 9 heteroatoms. The topological polar surface area (TPSA) is 96.0 Å². The van der Waals surface area contributed by atoms with Gasteiger partial charge in [-0.3, -0.25) is 13.9 Å². The Bertz CT molecular complexity index is 1570. The van der Waals surface area contributed by atoms with Gasteiger partial charge in [-0.2, -0.15) is 0 Å². The minimum atomic E-state index is -4.12. The molecule has 1 N–H and O–H groups in total. The summed E-state index contributed by atoms with van der Waals surface area (Å²) in [6.45, 7) is 1.76. The van der Waals surface area contributed by atoms with Crippen LogP contribution < -0.4 is 14.4 Å². The van der Waals surface area contributed by atoms with E-state index in [1.807, 2.05) is 49.4 Å². The minimum absolute atomic E-state index is 0.0607. The SMILES string of the molecule is CCNC(=O)[C@H](Cc1ccccc1)N(Cc1cccc(OC)c1)C(=O)CN(c1ccccc1)S(=O)(=O)c1ccccc1. The molecular formula is C33H35N3O5S. The first kappa shape index (κ1) is 30.3. The maximum absolute atomic E-state index is 14.3. The first-order chi connectivity index (χ1) is 20.3. The highest BCUT2D eigenvalue weighted by atomic mass is 32.2. The Hall–Kier alpha value is -4.63. The summed E-state index contributed by atoms with van der Waals surface area (Å²) < 4.78 is 34.3. The van der Waals surface area contributed by atoms with Crippen LogP contribution in [0.15, 0.2) is 120 Å². The number of hydrogen-bond donors (Lipinski definition) is 1. The molecule has 2 amide bonds. The highest BCUT2D eigenvalue weighted by Crippen LogP contribution is 2.25. The summed E-state index contributed by atoms with van der Waals surface area (Å²) in [5.74, 6) is -0.238. The van der Waals surface area contributed by atoms with Crippen molar-refractivity contribution in [3.8, 4) is 5.75 Å². The van der Waals surface area contributed by atoms with E-state index in [1.165, 1.54) is 17.0 Å². The van der Waals surface area contributed by atoms with E-state index >= 15 is 0 Å². The van der Waals surface area contributed by atoms with E-state index in [0.29, 0.717) is 18.0 Å². The molecule has 8 nitrogen and oxygen atoms in total. The Morgan fingerprint density at radius 1 is 0.810 bits per heavy atom. The van der Waals surface area contributed by atoms with Gasteiger partial charge in [0.25, 0.3) is 10.0 Å². The van der Waals surface area contributed by atoms with Crippen LogP contribution in [0.1, 0.15) is 18.1 Å². The number of rotatable bonds is 13. The number of para-hydroxylation sites is 1. The number of carbonyl (C=O) groups is 2. The van der Waals surface area contributed by atoms with Crippen molar-refractivity contribution < 1.29 is 22.7 Å². The van der Waals surface area contributed by atoms with Crippen LogP contribution in [0.25, 0.3) is 0 Å². The summed E-state index contributed by atoms with van der Waals surface area (Å²) >= 11 is 0. The zero-order valence-electron chi connectivity index (χ0n) is 23.7. The van der Waals surface area contributed by atoms with Gasteiger partial charge in [-0.1, -0.05) is 78.9 Å². The summed E-state index contributed by atoms with van der Waals surface area (Å²) in [4.78, 5) is 29.4. The number of nitrogens with one attached hydrogen (secondary N) is 1. The number of methoxy groups -OCH3 is 1. The molecule has 0 bridgehead atoms. The Morgan fingerprint density at radius 3 is 2.02 bits per heavy atom. The first-order valence-electron chi connectivity index (χ1n) is 13.7. The van der Waals surface area contributed by atoms with Crippen molar-refractivity contribution in [2.45, 2.75) is 30.8 Å². The summed E-state index contributed by atoms with van der Waals surface area (Å²) in [6, 6.07) is 32.3. The van der Waals surface area contributed by atoms with Crippen molar-refractivity contribution in [3.05, 3.63) is 126 Å². The predicted octanol–water partition coefficient (Wildman–Crippen LogP) is 4.67. The zero-order chi connectivity index (χ0) is 30.0. The molecule has 0 radical (unpaired) electrons. The third-order valence-corrected chi connectivity index (χ3v) is 8.55. The lowest BCUT2D eigenvalue weighted by atomic mass is 10.0. The number of carbonyl (C=O) groups excluding carboxylic acids is 2. The van der Waals surface area contributed by atoms with Gasteiger partial charge in [0.05, 0.1) is 17.7 Å². The molecule has 4 aromatic carbocycles. The van der Waals surface area contributed by atoms with Crippen LogP contribution in [-0.4, -0.2) is 51.4 Å². The average Bonchev–Trinajstić information content (AvgIpc) is 3.03. The van der Waals surface area contributed by atoms with E-state index in [1.54, 1.807) is 67.8 Å². The third-order valence-electron chi connectivity index (χ3n) is 6.76. The first-order valence-corrected chi connectivity index (χ1v) is 15.1. The van der Waals surface area contributed by atoms with E-state index in [4.69, 9.17) is 4.74 Å². The second-order valence-corrected chi connectivity index (χ2v) is 11.5. The number of sulfonamides is 1. The second-order valence-electron chi connectivity index (χ2n) is 9.63. The third kappa shape index (κ3) is 7.55. The van der Waals surface area contributed by atoms with Gasteiger partial charge in [-0.25, -0.2) is 8.42 Å². The second kappa shape index (κ2) is 14.3. The van der Waals surface area contributed by atoms with E-state index in [0.717, 1.165) is 15.4 Å². The number of benzene rings is 4. The molecule has 218 valence electrons. The van der Waals surface area contributed by atoms with Crippen LogP contribution in [0.3, 0.4) is 0 Å². The molecule has 0 fully saturated rings. The maximum atomic E-state index is 14.3. The molecule has 0 aromatic heterocycles. The molecule has 0 saturated carbocycles. The predicted molar refractivity (Wildman–Crippen MR) is 164 cm³/mol. The fourth-order valence-electron chi connectivity index (χ4n) is 4.66. The summed E-state index contributed by atoms with van der Waals surface area (Å²) in [5, 5.41) is 2.86. The lowest BCUT2D eigenvalue weighted by Gasteiger charge is -2.33. The highest BCUT2D eigenvalue weighted by molar-refractivity contribution is 7.92. The Labute approximate surface area is 247 Å². The van der Waals surface area contributed by atoms with Gasteiger partial charge >= 0.3 is 0 Å². The lowest BCUT2D eigenvalue weighted by molar-refractivity contribution is -0.140. The van der Waals surface area contributed by atoms with Crippen LogP contribution in [0.2, 0.25) is 0 Å². The van der Waals surface area contributed by atoms with Crippen LogP contribution in [0.5, 0.6) is 5.75 Å². The fourth-order valence-corrected chi connectivity index (χ4v) is 6.09. The van der Waals surface area contributed by atoms with Crippen LogP contribution in [0, 0.1) is 0 Å². The smallest absolute Gasteiger partial charge is 0.264 e. The molecule has 0 spiro atoms. The number of ether oxygens (including phenoxy) is 1. The Kier molecular flexibility index (Phi) is 10.3. The maximum Gasteiger partial charge on any atom is 0.264 e. The molecule has 42 heavy (non-hydrogen) atoms. The van der Waals surface area contributed by atoms with Crippen molar-refractivity contribution in [3.63, 3.8) is 0 Å². The van der Waals surface area contributed by atoms with E-state index in [-0.39, 0.29) is 23.8 Å². The summed E-state index contributed by atoms with van der Waals surface area (Å²) in [7, 11) is -2.56. The highest BCUT2D eigenvalue weighted by Gasteiger charge is 2.34. The van der Waals surface area contributed by atoms with Gasteiger partial charge in [0.2, 0.25) is 11.8 Å². The molecule has 1 atom stereocenters. The lowest BCUT2D eigenvalue weighted by Crippen LogP contribution is -2.53. The monoisotopic (exact) mass is 585 g/mol. The van der Waals surface area contributed by atoms with Crippen LogP contribution >= 0.6 is 0 Å². The standard InChI is InChI=1S/C33H35N3O5S/c1-3-34-33(38)31(23-26-14-7-4-8-15-26)35(24-27-16-13-19-29(22-27)41-2)32(37)25-36(28-17-9-5-10-18-28)42(39,40)30-20-11-6-12-21-30/h4-22,31H,3,23-25H2,1-2H3,(H,34,38)/t31-/m0/s1. The molecule has 0 unspecified atom stereocenters. The Morgan fingerprint density at radius 2 is 1.40 bits per heavy atom. The number of hydrogen-bond acceptors (Lipinski definition) is 5. The normalized spacial score (nSPS) is 11.8. The van der Waals surface area contributed by atoms with E-state index < -0.39 is 28.5 Å². The molecule has 0 heterocycles. The fraction of sp³-hybridized carbons (Fsp3) is 0.212. The summed E-state index contributed by atoms with van der Waals surface area (Å²) in [6.07, 6.45) is 0.249. The number of likely N-dealkylation sites (N-methyl/N-ethyl adjacent to an activating group) is 1. The van der Waals surface area contributed by atoms with Crippen LogP contribution in [-0.2, 0) is 32.6 Å². The van der Waals surface area contributed by atoms with Crippen molar-refractivity contribution in [1.29, 1.82) is 0 Å². The van der Waals surface area contributed by atoms with Crippen molar-refractivity contribution in [2.24, 2.45) is 0 Å². The van der Waals surface area contributed by atoms with Crippen molar-refractivity contribution in [1.82, 2.24) is 10.2 Å². The molecule has 0 saturated heterocycles. The van der Waals surface area contributed by atoms with Gasteiger partial charge in [-0.05, 0) is 54.4 Å². The van der Waals surface area contributed by atoms with E-state index in [9.17, 15) is 18.0 Å². The van der Waals surface area contributed by atoms with Gasteiger partial charge in [0.15, 0.2) is 0 Å². The van der Waals surface area contributed by atoms with Crippen molar-refractivity contribution >= 4 is 27.5 Å². The van der Waals surface area contributed by atoms with Crippen LogP contribution in [0.4, 0.5) is 5.69 Å². The molecule has 0 aliphatic carbocycles. The minimum Gasteiger partial charge on any atom is -0.497 e. The summed E-state index contributed by atoms with van der Waals surface area (Å²) in [5.41, 5.74) is 1.95. The Balaban J connectivity index is 1.78. The largest absolute Gasteiger partial charge is 0.497 e. The quantitative estimate of drug-likeness (QED) is 0.246. The van der Waals surface area contributed by atoms with Gasteiger partial charge in [-0.15, -0.1) is 0 Å². The number of anilines is 1.